The van der Waals surface area contributed by atoms with Crippen molar-refractivity contribution in [1.29, 1.82) is 0 Å². The fourth-order valence-corrected chi connectivity index (χ4v) is 3.32. The topological polar surface area (TPSA) is 87.1 Å². The van der Waals surface area contributed by atoms with Crippen LogP contribution in [0.5, 0.6) is 0 Å². The average molecular weight is 398 g/mol. The fourth-order valence-electron chi connectivity index (χ4n) is 3.32. The number of amides is 1. The number of anilines is 2. The van der Waals surface area contributed by atoms with Gasteiger partial charge in [-0.25, -0.2) is 0 Å². The van der Waals surface area contributed by atoms with Gasteiger partial charge in [-0.15, -0.1) is 10.2 Å². The Morgan fingerprint density at radius 2 is 1.70 bits per heavy atom. The second-order valence-corrected chi connectivity index (χ2v) is 6.99. The van der Waals surface area contributed by atoms with E-state index in [0.29, 0.717) is 11.4 Å². The van der Waals surface area contributed by atoms with Crippen molar-refractivity contribution in [3.63, 3.8) is 0 Å². The van der Waals surface area contributed by atoms with E-state index in [1.165, 1.54) is 0 Å². The molecule has 6 heteroatoms. The molecule has 1 heterocycles. The molecule has 0 unspecified atom stereocenters. The first kappa shape index (κ1) is 19.5. The number of aliphatic hydroxyl groups excluding tert-OH is 1. The molecule has 0 aliphatic carbocycles. The molecule has 4 aromatic rings. The van der Waals surface area contributed by atoms with E-state index >= 15 is 0 Å². The van der Waals surface area contributed by atoms with Crippen LogP contribution in [0.1, 0.15) is 15.9 Å². The van der Waals surface area contributed by atoms with Gasteiger partial charge >= 0.3 is 0 Å². The van der Waals surface area contributed by atoms with Gasteiger partial charge in [-0.05, 0) is 36.8 Å². The number of fused-ring (bicyclic) bond motifs is 1. The van der Waals surface area contributed by atoms with E-state index < -0.39 is 0 Å². The number of aromatic nitrogens is 2. The summed E-state index contributed by atoms with van der Waals surface area (Å²) in [5, 5.41) is 25.7. The lowest BCUT2D eigenvalue weighted by Crippen LogP contribution is -2.26. The van der Waals surface area contributed by atoms with Crippen LogP contribution >= 0.6 is 0 Å². The summed E-state index contributed by atoms with van der Waals surface area (Å²) in [6, 6.07) is 23.3. The number of carbonyl (C=O) groups is 1. The molecule has 3 N–H and O–H groups in total. The average Bonchev–Trinajstić information content (AvgIpc) is 2.78. The van der Waals surface area contributed by atoms with Gasteiger partial charge in [0.2, 0.25) is 0 Å². The minimum atomic E-state index is -0.218. The van der Waals surface area contributed by atoms with Gasteiger partial charge in [0.15, 0.2) is 5.82 Å². The second kappa shape index (κ2) is 8.71. The number of carbonyl (C=O) groups excluding carboxylic acids is 1. The number of nitrogens with one attached hydrogen (secondary N) is 2. The number of rotatable bonds is 6. The van der Waals surface area contributed by atoms with Crippen LogP contribution < -0.4 is 10.6 Å². The molecule has 0 spiro atoms. The summed E-state index contributed by atoms with van der Waals surface area (Å²) in [6.07, 6.45) is 0. The van der Waals surface area contributed by atoms with Crippen LogP contribution in [0.2, 0.25) is 0 Å². The maximum atomic E-state index is 12.0. The fraction of sp³-hybridized carbons (Fsp3) is 0.125. The van der Waals surface area contributed by atoms with Crippen LogP contribution in [-0.4, -0.2) is 34.4 Å². The first-order valence-corrected chi connectivity index (χ1v) is 9.74. The summed E-state index contributed by atoms with van der Waals surface area (Å²) < 4.78 is 0. The molecule has 3 aromatic carbocycles. The molecule has 1 aromatic heterocycles. The van der Waals surface area contributed by atoms with Gasteiger partial charge in [-0.2, -0.15) is 0 Å². The smallest absolute Gasteiger partial charge is 0.251 e. The van der Waals surface area contributed by atoms with E-state index in [1.54, 1.807) is 12.1 Å². The van der Waals surface area contributed by atoms with E-state index in [1.807, 2.05) is 61.5 Å². The molecule has 30 heavy (non-hydrogen) atoms. The Morgan fingerprint density at radius 3 is 2.43 bits per heavy atom. The molecule has 0 radical (unpaired) electrons. The Morgan fingerprint density at radius 1 is 0.933 bits per heavy atom. The molecule has 6 nitrogen and oxygen atoms in total. The van der Waals surface area contributed by atoms with Gasteiger partial charge in [0, 0.05) is 34.1 Å². The van der Waals surface area contributed by atoms with Gasteiger partial charge in [0.25, 0.3) is 5.91 Å². The number of aryl methyl sites for hydroxylation is 1. The first-order chi connectivity index (χ1) is 14.7. The zero-order chi connectivity index (χ0) is 20.9. The van der Waals surface area contributed by atoms with Gasteiger partial charge in [-0.1, -0.05) is 48.5 Å². The Hall–Kier alpha value is -3.77. The third kappa shape index (κ3) is 4.14. The normalized spacial score (nSPS) is 10.7. The zero-order valence-electron chi connectivity index (χ0n) is 16.6. The Balaban J connectivity index is 1.68. The maximum absolute atomic E-state index is 12.0. The van der Waals surface area contributed by atoms with Gasteiger partial charge in [-0.3, -0.25) is 4.79 Å². The lowest BCUT2D eigenvalue weighted by atomic mass is 10.0. The highest BCUT2D eigenvalue weighted by Crippen LogP contribution is 2.31. The van der Waals surface area contributed by atoms with Crippen molar-refractivity contribution < 1.29 is 9.90 Å². The molecule has 0 aliphatic heterocycles. The van der Waals surface area contributed by atoms with Crippen LogP contribution in [-0.2, 0) is 0 Å². The van der Waals surface area contributed by atoms with Crippen LogP contribution in [0.15, 0.2) is 72.8 Å². The van der Waals surface area contributed by atoms with Crippen LogP contribution in [0.25, 0.3) is 22.0 Å². The highest BCUT2D eigenvalue weighted by atomic mass is 16.3. The molecular weight excluding hydrogens is 376 g/mol. The Bertz CT molecular complexity index is 1190. The van der Waals surface area contributed by atoms with Crippen molar-refractivity contribution in [2.75, 3.05) is 18.5 Å². The van der Waals surface area contributed by atoms with Crippen molar-refractivity contribution in [3.8, 4) is 11.3 Å². The molecule has 0 saturated heterocycles. The Kier molecular flexibility index (Phi) is 5.68. The highest BCUT2D eigenvalue weighted by Gasteiger charge is 2.12. The summed E-state index contributed by atoms with van der Waals surface area (Å²) in [6.45, 7) is 2.19. The van der Waals surface area contributed by atoms with E-state index in [-0.39, 0.29) is 19.1 Å². The van der Waals surface area contributed by atoms with Gasteiger partial charge in [0.1, 0.15) is 5.69 Å². The molecule has 1 amide bonds. The first-order valence-electron chi connectivity index (χ1n) is 9.74. The number of aliphatic hydroxyl groups is 1. The standard InChI is InChI=1S/C24H22N4O2/c1-16-5-4-6-19(15-16)26-23-21-8-3-2-7-20(21)22(27-28-23)17-9-11-18(12-10-17)24(30)25-13-14-29/h2-12,15,29H,13-14H2,1H3,(H,25,30)(H,26,28). The van der Waals surface area contributed by atoms with Crippen LogP contribution in [0, 0.1) is 6.92 Å². The number of benzene rings is 3. The molecule has 0 saturated carbocycles. The number of hydrogen-bond donors (Lipinski definition) is 3. The minimum absolute atomic E-state index is 0.0890. The second-order valence-electron chi connectivity index (χ2n) is 6.99. The molecule has 0 fully saturated rings. The lowest BCUT2D eigenvalue weighted by molar-refractivity contribution is 0.0945. The summed E-state index contributed by atoms with van der Waals surface area (Å²) in [7, 11) is 0. The largest absolute Gasteiger partial charge is 0.395 e. The van der Waals surface area contributed by atoms with Crippen molar-refractivity contribution >= 4 is 28.2 Å². The van der Waals surface area contributed by atoms with Crippen molar-refractivity contribution in [1.82, 2.24) is 15.5 Å². The van der Waals surface area contributed by atoms with E-state index in [0.717, 1.165) is 33.3 Å². The predicted octanol–water partition coefficient (Wildman–Crippen LogP) is 4.07. The molecular formula is C24H22N4O2. The molecule has 0 atom stereocenters. The summed E-state index contributed by atoms with van der Waals surface area (Å²) in [4.78, 5) is 12.0. The minimum Gasteiger partial charge on any atom is -0.395 e. The summed E-state index contributed by atoms with van der Waals surface area (Å²) in [5.74, 6) is 0.476. The number of nitrogens with zero attached hydrogens (tertiary/aromatic N) is 2. The van der Waals surface area contributed by atoms with Crippen molar-refractivity contribution in [3.05, 3.63) is 83.9 Å². The Labute approximate surface area is 174 Å². The van der Waals surface area contributed by atoms with Crippen LogP contribution in [0.3, 0.4) is 0 Å². The summed E-state index contributed by atoms with van der Waals surface area (Å²) >= 11 is 0. The highest BCUT2D eigenvalue weighted by molar-refractivity contribution is 6.01. The quantitative estimate of drug-likeness (QED) is 0.456. The molecule has 150 valence electrons. The predicted molar refractivity (Wildman–Crippen MR) is 119 cm³/mol. The van der Waals surface area contributed by atoms with Gasteiger partial charge in [0.05, 0.1) is 6.61 Å². The SMILES string of the molecule is Cc1cccc(Nc2nnc(-c3ccc(C(=O)NCCO)cc3)c3ccccc23)c1. The van der Waals surface area contributed by atoms with Crippen molar-refractivity contribution in [2.45, 2.75) is 6.92 Å². The number of hydrogen-bond acceptors (Lipinski definition) is 5. The summed E-state index contributed by atoms with van der Waals surface area (Å²) in [5.41, 5.74) is 4.28. The molecule has 0 bridgehead atoms. The third-order valence-electron chi connectivity index (χ3n) is 4.79. The molecule has 0 aliphatic rings. The van der Waals surface area contributed by atoms with Crippen molar-refractivity contribution in [2.24, 2.45) is 0 Å². The maximum Gasteiger partial charge on any atom is 0.251 e. The van der Waals surface area contributed by atoms with E-state index in [2.05, 4.69) is 26.9 Å². The van der Waals surface area contributed by atoms with Crippen LogP contribution in [0.4, 0.5) is 11.5 Å². The van der Waals surface area contributed by atoms with Gasteiger partial charge < -0.3 is 15.7 Å². The molecule has 4 rings (SSSR count). The third-order valence-corrected chi connectivity index (χ3v) is 4.79. The monoisotopic (exact) mass is 398 g/mol. The lowest BCUT2D eigenvalue weighted by Gasteiger charge is -2.12. The van der Waals surface area contributed by atoms with E-state index in [4.69, 9.17) is 5.11 Å². The van der Waals surface area contributed by atoms with E-state index in [9.17, 15) is 4.79 Å². The zero-order valence-corrected chi connectivity index (χ0v) is 16.6.